The van der Waals surface area contributed by atoms with E-state index in [1.165, 1.54) is 5.56 Å². The highest BCUT2D eigenvalue weighted by atomic mass is 32.1. The summed E-state index contributed by atoms with van der Waals surface area (Å²) in [6.07, 6.45) is 2.43. The minimum atomic E-state index is 0.206. The fraction of sp³-hybridized carbons (Fsp3) is 0.471. The number of aryl methyl sites for hydroxylation is 1. The lowest BCUT2D eigenvalue weighted by Gasteiger charge is -2.12. The van der Waals surface area contributed by atoms with Gasteiger partial charge in [-0.3, -0.25) is 0 Å². The van der Waals surface area contributed by atoms with E-state index in [4.69, 9.17) is 14.5 Å². The quantitative estimate of drug-likeness (QED) is 0.861. The zero-order valence-electron chi connectivity index (χ0n) is 13.1. The van der Waals surface area contributed by atoms with Gasteiger partial charge < -0.3 is 14.8 Å². The van der Waals surface area contributed by atoms with Crippen LogP contribution in [0.2, 0.25) is 0 Å². The van der Waals surface area contributed by atoms with Crippen molar-refractivity contribution < 1.29 is 9.47 Å². The summed E-state index contributed by atoms with van der Waals surface area (Å²) in [6, 6.07) is 6.21. The van der Waals surface area contributed by atoms with Crippen LogP contribution in [0.4, 0.5) is 5.69 Å². The molecule has 0 bridgehead atoms. The average Bonchev–Trinajstić information content (AvgIpc) is 3.18. The molecular formula is C17H22N2O2S. The van der Waals surface area contributed by atoms with Gasteiger partial charge in [0.1, 0.15) is 16.9 Å². The van der Waals surface area contributed by atoms with Crippen LogP contribution in [0.25, 0.3) is 0 Å². The van der Waals surface area contributed by atoms with E-state index >= 15 is 0 Å². The normalized spacial score (nSPS) is 17.6. The Bertz CT molecular complexity index is 621. The molecule has 1 N–H and O–H groups in total. The van der Waals surface area contributed by atoms with E-state index in [1.807, 2.05) is 6.92 Å². The van der Waals surface area contributed by atoms with Crippen LogP contribution >= 0.6 is 11.3 Å². The molecule has 1 aromatic heterocycles. The second-order valence-electron chi connectivity index (χ2n) is 5.46. The van der Waals surface area contributed by atoms with Crippen molar-refractivity contribution in [3.8, 4) is 5.75 Å². The Hall–Kier alpha value is -1.59. The fourth-order valence-electron chi connectivity index (χ4n) is 2.56. The SMILES string of the molecule is CCOc1cc(C)ccc1NCc1csc(C2CCCO2)n1. The molecule has 5 heteroatoms. The number of rotatable bonds is 6. The van der Waals surface area contributed by atoms with Crippen molar-refractivity contribution in [3.05, 3.63) is 39.8 Å². The highest BCUT2D eigenvalue weighted by molar-refractivity contribution is 7.09. The lowest BCUT2D eigenvalue weighted by atomic mass is 10.2. The second kappa shape index (κ2) is 7.11. The van der Waals surface area contributed by atoms with Gasteiger partial charge in [0.05, 0.1) is 24.5 Å². The van der Waals surface area contributed by atoms with Gasteiger partial charge in [-0.05, 0) is 44.4 Å². The Kier molecular flexibility index (Phi) is 4.95. The molecule has 22 heavy (non-hydrogen) atoms. The molecule has 0 aliphatic carbocycles. The molecule has 1 atom stereocenters. The number of ether oxygens (including phenoxy) is 2. The number of anilines is 1. The molecule has 0 radical (unpaired) electrons. The van der Waals surface area contributed by atoms with E-state index in [9.17, 15) is 0 Å². The first-order valence-corrected chi connectivity index (χ1v) is 8.67. The zero-order valence-corrected chi connectivity index (χ0v) is 13.9. The van der Waals surface area contributed by atoms with Crippen LogP contribution in [0.15, 0.2) is 23.6 Å². The maximum absolute atomic E-state index is 5.69. The molecular weight excluding hydrogens is 296 g/mol. The van der Waals surface area contributed by atoms with Crippen molar-refractivity contribution in [3.63, 3.8) is 0 Å². The van der Waals surface area contributed by atoms with E-state index in [-0.39, 0.29) is 6.10 Å². The molecule has 3 rings (SSSR count). The van der Waals surface area contributed by atoms with E-state index < -0.39 is 0 Å². The lowest BCUT2D eigenvalue weighted by Crippen LogP contribution is -2.04. The van der Waals surface area contributed by atoms with Crippen LogP contribution in [-0.2, 0) is 11.3 Å². The minimum absolute atomic E-state index is 0.206. The van der Waals surface area contributed by atoms with Crippen LogP contribution < -0.4 is 10.1 Å². The van der Waals surface area contributed by atoms with E-state index in [1.54, 1.807) is 11.3 Å². The maximum Gasteiger partial charge on any atom is 0.142 e. The standard InChI is InChI=1S/C17H22N2O2S/c1-3-20-16-9-12(2)6-7-14(16)18-10-13-11-22-17(19-13)15-5-4-8-21-15/h6-7,9,11,15,18H,3-5,8,10H2,1-2H3. The predicted molar refractivity (Wildman–Crippen MR) is 89.7 cm³/mol. The summed E-state index contributed by atoms with van der Waals surface area (Å²) in [5, 5.41) is 6.63. The summed E-state index contributed by atoms with van der Waals surface area (Å²) in [4.78, 5) is 4.69. The molecule has 1 saturated heterocycles. The van der Waals surface area contributed by atoms with Crippen LogP contribution in [-0.4, -0.2) is 18.2 Å². The van der Waals surface area contributed by atoms with Gasteiger partial charge in [-0.15, -0.1) is 11.3 Å². The molecule has 0 saturated carbocycles. The fourth-order valence-corrected chi connectivity index (χ4v) is 3.46. The third-order valence-corrected chi connectivity index (χ3v) is 4.66. The third-order valence-electron chi connectivity index (χ3n) is 3.67. The van der Waals surface area contributed by atoms with Crippen molar-refractivity contribution in [2.24, 2.45) is 0 Å². The molecule has 2 aromatic rings. The Morgan fingerprint density at radius 2 is 2.36 bits per heavy atom. The summed E-state index contributed by atoms with van der Waals surface area (Å²) in [5.74, 6) is 0.900. The summed E-state index contributed by atoms with van der Waals surface area (Å²) in [5.41, 5.74) is 3.26. The van der Waals surface area contributed by atoms with Crippen LogP contribution in [0.1, 0.15) is 42.1 Å². The highest BCUT2D eigenvalue weighted by Crippen LogP contribution is 2.31. The monoisotopic (exact) mass is 318 g/mol. The van der Waals surface area contributed by atoms with E-state index in [2.05, 4.69) is 35.8 Å². The first kappa shape index (κ1) is 15.3. The Labute approximate surface area is 135 Å². The molecule has 0 amide bonds. The molecule has 1 aliphatic heterocycles. The highest BCUT2D eigenvalue weighted by Gasteiger charge is 2.20. The van der Waals surface area contributed by atoms with Crippen molar-refractivity contribution >= 4 is 17.0 Å². The van der Waals surface area contributed by atoms with Gasteiger partial charge in [-0.1, -0.05) is 6.07 Å². The van der Waals surface area contributed by atoms with Gasteiger partial charge in [0.25, 0.3) is 0 Å². The Morgan fingerprint density at radius 1 is 1.45 bits per heavy atom. The van der Waals surface area contributed by atoms with E-state index in [0.717, 1.165) is 41.6 Å². The van der Waals surface area contributed by atoms with Gasteiger partial charge >= 0.3 is 0 Å². The smallest absolute Gasteiger partial charge is 0.142 e. The summed E-state index contributed by atoms with van der Waals surface area (Å²) in [6.45, 7) is 6.30. The summed E-state index contributed by atoms with van der Waals surface area (Å²) >= 11 is 1.69. The molecule has 0 spiro atoms. The zero-order chi connectivity index (χ0) is 15.4. The van der Waals surface area contributed by atoms with Gasteiger partial charge in [0, 0.05) is 12.0 Å². The summed E-state index contributed by atoms with van der Waals surface area (Å²) in [7, 11) is 0. The van der Waals surface area contributed by atoms with Crippen molar-refractivity contribution in [1.29, 1.82) is 0 Å². The first-order valence-electron chi connectivity index (χ1n) is 7.79. The molecule has 118 valence electrons. The van der Waals surface area contributed by atoms with Gasteiger partial charge in [0.2, 0.25) is 0 Å². The second-order valence-corrected chi connectivity index (χ2v) is 6.35. The van der Waals surface area contributed by atoms with Crippen LogP contribution in [0.3, 0.4) is 0 Å². The van der Waals surface area contributed by atoms with Crippen LogP contribution in [0.5, 0.6) is 5.75 Å². The van der Waals surface area contributed by atoms with Crippen LogP contribution in [0, 0.1) is 6.92 Å². The number of thiazole rings is 1. The number of nitrogens with zero attached hydrogens (tertiary/aromatic N) is 1. The molecule has 1 aromatic carbocycles. The van der Waals surface area contributed by atoms with E-state index in [0.29, 0.717) is 13.2 Å². The van der Waals surface area contributed by atoms with Crippen molar-refractivity contribution in [2.75, 3.05) is 18.5 Å². The van der Waals surface area contributed by atoms with Gasteiger partial charge in [-0.25, -0.2) is 4.98 Å². The molecule has 1 unspecified atom stereocenters. The average molecular weight is 318 g/mol. The minimum Gasteiger partial charge on any atom is -0.492 e. The van der Waals surface area contributed by atoms with Gasteiger partial charge in [0.15, 0.2) is 0 Å². The predicted octanol–water partition coefficient (Wildman–Crippen LogP) is 4.31. The maximum atomic E-state index is 5.69. The molecule has 2 heterocycles. The number of benzene rings is 1. The Morgan fingerprint density at radius 3 is 3.14 bits per heavy atom. The third kappa shape index (κ3) is 3.59. The lowest BCUT2D eigenvalue weighted by molar-refractivity contribution is 0.111. The molecule has 1 aliphatic rings. The first-order chi connectivity index (χ1) is 10.8. The number of hydrogen-bond donors (Lipinski definition) is 1. The topological polar surface area (TPSA) is 43.4 Å². The largest absolute Gasteiger partial charge is 0.492 e. The molecule has 4 nitrogen and oxygen atoms in total. The molecule has 1 fully saturated rings. The number of nitrogens with one attached hydrogen (secondary N) is 1. The summed E-state index contributed by atoms with van der Waals surface area (Å²) < 4.78 is 11.4. The Balaban J connectivity index is 1.65. The van der Waals surface area contributed by atoms with Gasteiger partial charge in [-0.2, -0.15) is 0 Å². The van der Waals surface area contributed by atoms with Crippen molar-refractivity contribution in [2.45, 2.75) is 39.3 Å². The number of aromatic nitrogens is 1. The van der Waals surface area contributed by atoms with Crippen molar-refractivity contribution in [1.82, 2.24) is 4.98 Å². The number of hydrogen-bond acceptors (Lipinski definition) is 5.